The average Bonchev–Trinajstić information content (AvgIpc) is 3.26. The van der Waals surface area contributed by atoms with Gasteiger partial charge in [-0.15, -0.1) is 11.3 Å². The molecule has 1 saturated heterocycles. The van der Waals surface area contributed by atoms with Gasteiger partial charge in [0.15, 0.2) is 0 Å². The number of methoxy groups -OCH3 is 1. The lowest BCUT2D eigenvalue weighted by Gasteiger charge is -2.15. The Morgan fingerprint density at radius 2 is 1.96 bits per heavy atom. The van der Waals surface area contributed by atoms with Gasteiger partial charge in [0.05, 0.1) is 25.2 Å². The summed E-state index contributed by atoms with van der Waals surface area (Å²) in [6.45, 7) is 1.81. The van der Waals surface area contributed by atoms with Crippen molar-refractivity contribution in [3.63, 3.8) is 0 Å². The van der Waals surface area contributed by atoms with E-state index >= 15 is 0 Å². The molecule has 0 atom stereocenters. The van der Waals surface area contributed by atoms with E-state index in [-0.39, 0.29) is 15.5 Å². The zero-order valence-electron chi connectivity index (χ0n) is 12.9. The number of thiophene rings is 1. The van der Waals surface area contributed by atoms with Gasteiger partial charge in [0.25, 0.3) is 10.0 Å². The van der Waals surface area contributed by atoms with Crippen LogP contribution in [0, 0.1) is 0 Å². The lowest BCUT2D eigenvalue weighted by molar-refractivity contribution is 0.0602. The summed E-state index contributed by atoms with van der Waals surface area (Å²) in [4.78, 5) is 22.0. The minimum atomic E-state index is -3.92. The van der Waals surface area contributed by atoms with Crippen molar-refractivity contribution in [2.45, 2.75) is 17.7 Å². The highest BCUT2D eigenvalue weighted by Gasteiger charge is 2.25. The van der Waals surface area contributed by atoms with Gasteiger partial charge in [0.1, 0.15) is 9.77 Å². The van der Waals surface area contributed by atoms with Gasteiger partial charge < -0.3 is 9.64 Å². The molecule has 2 aromatic rings. The van der Waals surface area contributed by atoms with Gasteiger partial charge in [-0.3, -0.25) is 4.72 Å². The number of nitrogens with one attached hydrogen (secondary N) is 1. The Kier molecular flexibility index (Phi) is 4.67. The van der Waals surface area contributed by atoms with E-state index in [9.17, 15) is 13.2 Å². The quantitative estimate of drug-likeness (QED) is 0.802. The number of rotatable bonds is 5. The summed E-state index contributed by atoms with van der Waals surface area (Å²) in [6.07, 6.45) is 5.04. The van der Waals surface area contributed by atoms with E-state index < -0.39 is 16.0 Å². The Bertz CT molecular complexity index is 827. The third kappa shape index (κ3) is 3.34. The molecule has 1 N–H and O–H groups in total. The molecule has 0 saturated carbocycles. The third-order valence-electron chi connectivity index (χ3n) is 3.57. The molecule has 1 fully saturated rings. The lowest BCUT2D eigenvalue weighted by Crippen LogP contribution is -2.21. The molecule has 0 aromatic carbocycles. The first-order valence-corrected chi connectivity index (χ1v) is 9.63. The highest BCUT2D eigenvalue weighted by molar-refractivity contribution is 7.93. The average molecular weight is 368 g/mol. The molecule has 128 valence electrons. The molecular formula is C14H16N4O4S2. The number of esters is 1. The number of hydrogen-bond acceptors (Lipinski definition) is 8. The predicted molar refractivity (Wildman–Crippen MR) is 89.9 cm³/mol. The fourth-order valence-electron chi connectivity index (χ4n) is 2.42. The second-order valence-corrected chi connectivity index (χ2v) is 7.74. The molecule has 10 heteroatoms. The first-order chi connectivity index (χ1) is 11.5. The molecule has 2 aromatic heterocycles. The molecule has 3 rings (SSSR count). The zero-order chi connectivity index (χ0) is 17.2. The van der Waals surface area contributed by atoms with Crippen molar-refractivity contribution in [1.29, 1.82) is 0 Å². The Labute approximate surface area is 143 Å². The summed E-state index contributed by atoms with van der Waals surface area (Å²) in [5.74, 6) is -0.104. The lowest BCUT2D eigenvalue weighted by atomic mass is 10.4. The largest absolute Gasteiger partial charge is 0.465 e. The van der Waals surface area contributed by atoms with Crippen molar-refractivity contribution in [3.05, 3.63) is 28.7 Å². The molecular weight excluding hydrogens is 352 g/mol. The minimum Gasteiger partial charge on any atom is -0.465 e. The number of hydrogen-bond donors (Lipinski definition) is 1. The number of carbonyl (C=O) groups excluding carboxylic acids is 1. The van der Waals surface area contributed by atoms with Crippen molar-refractivity contribution < 1.29 is 17.9 Å². The van der Waals surface area contributed by atoms with Crippen LogP contribution in [0.15, 0.2) is 28.7 Å². The van der Waals surface area contributed by atoms with Crippen LogP contribution in [0.2, 0.25) is 0 Å². The van der Waals surface area contributed by atoms with Crippen molar-refractivity contribution in [3.8, 4) is 0 Å². The summed E-state index contributed by atoms with van der Waals surface area (Å²) < 4.78 is 31.9. The van der Waals surface area contributed by atoms with Crippen molar-refractivity contribution in [1.82, 2.24) is 9.97 Å². The van der Waals surface area contributed by atoms with Crippen molar-refractivity contribution in [2.75, 3.05) is 29.8 Å². The normalized spacial score (nSPS) is 14.6. The van der Waals surface area contributed by atoms with Crippen LogP contribution in [-0.2, 0) is 14.8 Å². The van der Waals surface area contributed by atoms with Crippen LogP contribution in [0.5, 0.6) is 0 Å². The van der Waals surface area contributed by atoms with Crippen LogP contribution >= 0.6 is 11.3 Å². The van der Waals surface area contributed by atoms with E-state index in [0.29, 0.717) is 5.95 Å². The number of nitrogens with zero attached hydrogens (tertiary/aromatic N) is 3. The molecule has 0 unspecified atom stereocenters. The zero-order valence-corrected chi connectivity index (χ0v) is 14.6. The number of ether oxygens (including phenoxy) is 1. The smallest absolute Gasteiger partial charge is 0.349 e. The monoisotopic (exact) mass is 368 g/mol. The fraction of sp³-hybridized carbons (Fsp3) is 0.357. The topological polar surface area (TPSA) is 101 Å². The molecule has 0 aliphatic carbocycles. The van der Waals surface area contributed by atoms with Gasteiger partial charge in [-0.1, -0.05) is 0 Å². The number of sulfonamides is 1. The SMILES string of the molecule is COC(=O)c1sccc1S(=O)(=O)Nc1cnc(N2CCCC2)nc1. The van der Waals surface area contributed by atoms with Crippen LogP contribution in [0.1, 0.15) is 22.5 Å². The molecule has 1 aliphatic rings. The van der Waals surface area contributed by atoms with Crippen LogP contribution in [-0.4, -0.2) is 44.6 Å². The van der Waals surface area contributed by atoms with Gasteiger partial charge in [0, 0.05) is 13.1 Å². The molecule has 0 spiro atoms. The standard InChI is InChI=1S/C14H16N4O4S2/c1-22-13(19)12-11(4-7-23-12)24(20,21)17-10-8-15-14(16-9-10)18-5-2-3-6-18/h4,7-9,17H,2-3,5-6H2,1H3. The Balaban J connectivity index is 1.79. The highest BCUT2D eigenvalue weighted by atomic mass is 32.2. The third-order valence-corrected chi connectivity index (χ3v) is 6.02. The summed E-state index contributed by atoms with van der Waals surface area (Å²) in [5.41, 5.74) is 0.236. The maximum Gasteiger partial charge on any atom is 0.349 e. The molecule has 0 radical (unpaired) electrons. The highest BCUT2D eigenvalue weighted by Crippen LogP contribution is 2.25. The van der Waals surface area contributed by atoms with Gasteiger partial charge in [-0.2, -0.15) is 0 Å². The minimum absolute atomic E-state index is 0.0274. The van der Waals surface area contributed by atoms with E-state index in [2.05, 4.69) is 19.4 Å². The Morgan fingerprint density at radius 1 is 1.29 bits per heavy atom. The van der Waals surface area contributed by atoms with E-state index in [1.54, 1.807) is 0 Å². The fourth-order valence-corrected chi connectivity index (χ4v) is 4.78. The van der Waals surface area contributed by atoms with E-state index in [1.165, 1.54) is 30.9 Å². The molecule has 24 heavy (non-hydrogen) atoms. The number of aromatic nitrogens is 2. The van der Waals surface area contributed by atoms with Crippen molar-refractivity contribution >= 4 is 39.0 Å². The molecule has 0 bridgehead atoms. The van der Waals surface area contributed by atoms with E-state index in [0.717, 1.165) is 37.3 Å². The summed E-state index contributed by atoms with van der Waals surface area (Å²) in [7, 11) is -2.72. The predicted octanol–water partition coefficient (Wildman–Crippen LogP) is 1.73. The second kappa shape index (κ2) is 6.73. The molecule has 1 aliphatic heterocycles. The van der Waals surface area contributed by atoms with E-state index in [4.69, 9.17) is 0 Å². The van der Waals surface area contributed by atoms with Crippen LogP contribution in [0.4, 0.5) is 11.6 Å². The Hall–Kier alpha value is -2.20. The maximum atomic E-state index is 12.5. The Morgan fingerprint density at radius 3 is 2.58 bits per heavy atom. The van der Waals surface area contributed by atoms with Gasteiger partial charge in [-0.05, 0) is 24.3 Å². The first-order valence-electron chi connectivity index (χ1n) is 7.27. The van der Waals surface area contributed by atoms with Crippen LogP contribution in [0.25, 0.3) is 0 Å². The first kappa shape index (κ1) is 16.7. The van der Waals surface area contributed by atoms with Gasteiger partial charge in [0.2, 0.25) is 5.95 Å². The second-order valence-electron chi connectivity index (χ2n) is 5.18. The number of anilines is 2. The maximum absolute atomic E-state index is 12.5. The molecule has 0 amide bonds. The summed E-state index contributed by atoms with van der Waals surface area (Å²) in [6, 6.07) is 1.36. The molecule has 3 heterocycles. The summed E-state index contributed by atoms with van der Waals surface area (Å²) >= 11 is 1.01. The van der Waals surface area contributed by atoms with E-state index in [1.807, 2.05) is 4.90 Å². The van der Waals surface area contributed by atoms with Crippen molar-refractivity contribution in [2.24, 2.45) is 0 Å². The van der Waals surface area contributed by atoms with Gasteiger partial charge >= 0.3 is 5.97 Å². The van der Waals surface area contributed by atoms with Crippen LogP contribution < -0.4 is 9.62 Å². The van der Waals surface area contributed by atoms with Crippen LogP contribution in [0.3, 0.4) is 0 Å². The summed E-state index contributed by atoms with van der Waals surface area (Å²) in [5, 5.41) is 1.52. The number of carbonyl (C=O) groups is 1. The van der Waals surface area contributed by atoms with Gasteiger partial charge in [-0.25, -0.2) is 23.2 Å². The molecule has 8 nitrogen and oxygen atoms in total.